The van der Waals surface area contributed by atoms with Gasteiger partial charge in [-0.1, -0.05) is 18.5 Å². The highest BCUT2D eigenvalue weighted by Crippen LogP contribution is 2.35. The van der Waals surface area contributed by atoms with Crippen molar-refractivity contribution < 1.29 is 19.5 Å². The van der Waals surface area contributed by atoms with Crippen LogP contribution in [0.25, 0.3) is 0 Å². The zero-order chi connectivity index (χ0) is 14.8. The van der Waals surface area contributed by atoms with E-state index in [0.717, 1.165) is 6.42 Å². The Morgan fingerprint density at radius 2 is 2.35 bits per heavy atom. The highest BCUT2D eigenvalue weighted by molar-refractivity contribution is 5.76. The molecule has 7 heteroatoms. The summed E-state index contributed by atoms with van der Waals surface area (Å²) in [5, 5.41) is 23.5. The molecule has 20 heavy (non-hydrogen) atoms. The van der Waals surface area contributed by atoms with E-state index >= 15 is 0 Å². The van der Waals surface area contributed by atoms with Crippen LogP contribution in [0.1, 0.15) is 37.9 Å². The number of aliphatic hydroxyl groups is 1. The Morgan fingerprint density at radius 3 is 2.90 bits per heavy atom. The van der Waals surface area contributed by atoms with E-state index < -0.39 is 17.5 Å². The average molecular weight is 283 g/mol. The van der Waals surface area contributed by atoms with Crippen molar-refractivity contribution in [2.24, 2.45) is 5.41 Å². The summed E-state index contributed by atoms with van der Waals surface area (Å²) in [5.41, 5.74) is -1.09. The number of hydrogen-bond acceptors (Lipinski definition) is 6. The van der Waals surface area contributed by atoms with E-state index in [2.05, 4.69) is 10.1 Å². The molecule has 0 saturated carbocycles. The summed E-state index contributed by atoms with van der Waals surface area (Å²) in [6, 6.07) is 0. The summed E-state index contributed by atoms with van der Waals surface area (Å²) < 4.78 is 4.92. The van der Waals surface area contributed by atoms with Crippen molar-refractivity contribution in [2.75, 3.05) is 13.1 Å². The molecular formula is C13H21N3O4. The molecule has 1 fully saturated rings. The first-order valence-corrected chi connectivity index (χ1v) is 6.91. The molecule has 1 aromatic heterocycles. The van der Waals surface area contributed by atoms with Crippen molar-refractivity contribution in [2.45, 2.75) is 45.8 Å². The second-order valence-electron chi connectivity index (χ2n) is 5.46. The predicted molar refractivity (Wildman–Crippen MR) is 69.9 cm³/mol. The quantitative estimate of drug-likeness (QED) is 0.825. The molecule has 1 saturated heterocycles. The number of aliphatic hydroxyl groups excluding tert-OH is 1. The molecule has 2 rings (SSSR count). The van der Waals surface area contributed by atoms with Crippen molar-refractivity contribution in [3.63, 3.8) is 0 Å². The van der Waals surface area contributed by atoms with E-state index in [1.807, 2.05) is 11.8 Å². The highest BCUT2D eigenvalue weighted by atomic mass is 16.5. The first kappa shape index (κ1) is 14.9. The van der Waals surface area contributed by atoms with Gasteiger partial charge in [-0.3, -0.25) is 9.69 Å². The summed E-state index contributed by atoms with van der Waals surface area (Å²) >= 11 is 0. The monoisotopic (exact) mass is 283 g/mol. The number of likely N-dealkylation sites (tertiary alicyclic amines) is 1. The number of carboxylic acid groups (broad SMARTS) is 1. The number of piperidine rings is 1. The van der Waals surface area contributed by atoms with E-state index in [1.54, 1.807) is 6.92 Å². The van der Waals surface area contributed by atoms with E-state index in [9.17, 15) is 15.0 Å². The molecule has 0 amide bonds. The molecule has 1 aliphatic rings. The first-order chi connectivity index (χ1) is 9.48. The number of carbonyl (C=O) groups is 1. The van der Waals surface area contributed by atoms with Gasteiger partial charge in [-0.25, -0.2) is 0 Å². The van der Waals surface area contributed by atoms with Gasteiger partial charge in [0.25, 0.3) is 0 Å². The molecule has 2 N–H and O–H groups in total. The van der Waals surface area contributed by atoms with Crippen LogP contribution in [0.3, 0.4) is 0 Å². The minimum absolute atomic E-state index is 0.310. The molecule has 112 valence electrons. The van der Waals surface area contributed by atoms with E-state index in [1.165, 1.54) is 0 Å². The van der Waals surface area contributed by atoms with Crippen LogP contribution in [0.5, 0.6) is 0 Å². The zero-order valence-electron chi connectivity index (χ0n) is 11.9. The van der Waals surface area contributed by atoms with Crippen LogP contribution in [-0.4, -0.2) is 50.4 Å². The van der Waals surface area contributed by atoms with Gasteiger partial charge in [-0.15, -0.1) is 0 Å². The second-order valence-corrected chi connectivity index (χ2v) is 5.46. The summed E-state index contributed by atoms with van der Waals surface area (Å²) in [7, 11) is 0. The topological polar surface area (TPSA) is 99.7 Å². The standard InChI is InChI=1S/C13H21N3O4/c1-3-5-13(12(18)19)8-16(6-4-10(13)17)7-11-14-9(2)20-15-11/h10,17H,3-8H2,1-2H3,(H,18,19)/t10-,13-/m1/s1. The van der Waals surface area contributed by atoms with Crippen molar-refractivity contribution in [1.29, 1.82) is 0 Å². The molecule has 0 spiro atoms. The lowest BCUT2D eigenvalue weighted by atomic mass is 9.74. The molecule has 0 bridgehead atoms. The predicted octanol–water partition coefficient (Wildman–Crippen LogP) is 0.816. The normalized spacial score (nSPS) is 27.6. The van der Waals surface area contributed by atoms with Gasteiger partial charge in [0.1, 0.15) is 5.41 Å². The summed E-state index contributed by atoms with van der Waals surface area (Å²) in [6.07, 6.45) is 0.829. The van der Waals surface area contributed by atoms with Crippen LogP contribution < -0.4 is 0 Å². The fraction of sp³-hybridized carbons (Fsp3) is 0.769. The maximum atomic E-state index is 11.6. The number of aliphatic carboxylic acids is 1. The SMILES string of the molecule is CCC[C@@]1(C(=O)O)CN(Cc2noc(C)n2)CC[C@H]1O. The van der Waals surface area contributed by atoms with Gasteiger partial charge in [0.2, 0.25) is 5.89 Å². The van der Waals surface area contributed by atoms with Gasteiger partial charge in [-0.05, 0) is 12.8 Å². The van der Waals surface area contributed by atoms with Gasteiger partial charge in [0.15, 0.2) is 5.82 Å². The number of rotatable bonds is 5. The van der Waals surface area contributed by atoms with E-state index in [4.69, 9.17) is 4.52 Å². The maximum Gasteiger partial charge on any atom is 0.313 e. The highest BCUT2D eigenvalue weighted by Gasteiger charge is 2.48. The molecule has 0 radical (unpaired) electrons. The number of nitrogens with zero attached hydrogens (tertiary/aromatic N) is 3. The molecule has 7 nitrogen and oxygen atoms in total. The first-order valence-electron chi connectivity index (χ1n) is 6.91. The number of carboxylic acids is 1. The van der Waals surface area contributed by atoms with Crippen molar-refractivity contribution in [3.05, 3.63) is 11.7 Å². The largest absolute Gasteiger partial charge is 0.481 e. The molecule has 0 aromatic carbocycles. The van der Waals surface area contributed by atoms with Crippen LogP contribution in [0.2, 0.25) is 0 Å². The van der Waals surface area contributed by atoms with Crippen LogP contribution in [0.15, 0.2) is 4.52 Å². The number of aryl methyl sites for hydroxylation is 1. The maximum absolute atomic E-state index is 11.6. The van der Waals surface area contributed by atoms with Crippen LogP contribution >= 0.6 is 0 Å². The third-order valence-electron chi connectivity index (χ3n) is 3.92. The Kier molecular flexibility index (Phi) is 4.39. The van der Waals surface area contributed by atoms with E-state index in [0.29, 0.717) is 44.2 Å². The average Bonchev–Trinajstić information content (AvgIpc) is 2.79. The summed E-state index contributed by atoms with van der Waals surface area (Å²) in [6.45, 7) is 5.04. The molecule has 2 heterocycles. The molecule has 2 atom stereocenters. The summed E-state index contributed by atoms with van der Waals surface area (Å²) in [4.78, 5) is 17.7. The fourth-order valence-electron chi connectivity index (χ4n) is 2.91. The fourth-order valence-corrected chi connectivity index (χ4v) is 2.91. The molecule has 0 unspecified atom stereocenters. The van der Waals surface area contributed by atoms with Gasteiger partial charge in [-0.2, -0.15) is 4.98 Å². The summed E-state index contributed by atoms with van der Waals surface area (Å²) in [5.74, 6) is 0.116. The Hall–Kier alpha value is -1.47. The van der Waals surface area contributed by atoms with Crippen LogP contribution in [0.4, 0.5) is 0 Å². The molecule has 1 aliphatic heterocycles. The molecular weight excluding hydrogens is 262 g/mol. The van der Waals surface area contributed by atoms with Crippen molar-refractivity contribution in [3.8, 4) is 0 Å². The second kappa shape index (κ2) is 5.88. The number of aromatic nitrogens is 2. The van der Waals surface area contributed by atoms with Crippen molar-refractivity contribution in [1.82, 2.24) is 15.0 Å². The smallest absolute Gasteiger partial charge is 0.313 e. The van der Waals surface area contributed by atoms with Crippen LogP contribution in [0, 0.1) is 12.3 Å². The Morgan fingerprint density at radius 1 is 1.60 bits per heavy atom. The lowest BCUT2D eigenvalue weighted by molar-refractivity contribution is -0.164. The molecule has 1 aromatic rings. The zero-order valence-corrected chi connectivity index (χ0v) is 11.9. The van der Waals surface area contributed by atoms with Gasteiger partial charge < -0.3 is 14.7 Å². The van der Waals surface area contributed by atoms with Gasteiger partial charge >= 0.3 is 5.97 Å². The Bertz CT molecular complexity index is 476. The van der Waals surface area contributed by atoms with Crippen molar-refractivity contribution >= 4 is 5.97 Å². The lowest BCUT2D eigenvalue weighted by Gasteiger charge is -2.43. The third kappa shape index (κ3) is 2.83. The lowest BCUT2D eigenvalue weighted by Crippen LogP contribution is -2.55. The molecule has 0 aliphatic carbocycles. The van der Waals surface area contributed by atoms with Crippen LogP contribution in [-0.2, 0) is 11.3 Å². The number of hydrogen-bond donors (Lipinski definition) is 2. The van der Waals surface area contributed by atoms with Gasteiger partial charge in [0, 0.05) is 20.0 Å². The Labute approximate surface area is 117 Å². The van der Waals surface area contributed by atoms with Gasteiger partial charge in [0.05, 0.1) is 12.6 Å². The minimum atomic E-state index is -1.09. The van der Waals surface area contributed by atoms with E-state index in [-0.39, 0.29) is 0 Å². The third-order valence-corrected chi connectivity index (χ3v) is 3.92. The Balaban J connectivity index is 2.12. The minimum Gasteiger partial charge on any atom is -0.481 e.